The fourth-order valence-electron chi connectivity index (χ4n) is 3.50. The van der Waals surface area contributed by atoms with Gasteiger partial charge in [-0.2, -0.15) is 0 Å². The molecule has 0 aliphatic heterocycles. The normalized spacial score (nSPS) is 17.9. The molecule has 1 aliphatic carbocycles. The van der Waals surface area contributed by atoms with Crippen LogP contribution in [0.15, 0.2) is 51.7 Å². The van der Waals surface area contributed by atoms with Crippen LogP contribution in [0.1, 0.15) is 12.8 Å². The van der Waals surface area contributed by atoms with E-state index in [1.54, 1.807) is 36.4 Å². The molecule has 1 N–H and O–H groups in total. The van der Waals surface area contributed by atoms with Crippen molar-refractivity contribution in [2.45, 2.75) is 18.9 Å². The number of methoxy groups -OCH3 is 1. The maximum Gasteiger partial charge on any atom is 0.306 e. The molecule has 0 amide bonds. The highest BCUT2D eigenvalue weighted by Gasteiger charge is 2.34. The number of ether oxygens (including phenoxy) is 3. The van der Waals surface area contributed by atoms with Crippen molar-refractivity contribution in [1.29, 1.82) is 0 Å². The van der Waals surface area contributed by atoms with Gasteiger partial charge in [0.25, 0.3) is 0 Å². The van der Waals surface area contributed by atoms with Gasteiger partial charge in [0.2, 0.25) is 0 Å². The van der Waals surface area contributed by atoms with E-state index in [2.05, 4.69) is 0 Å². The van der Waals surface area contributed by atoms with Crippen LogP contribution >= 0.6 is 11.6 Å². The van der Waals surface area contributed by atoms with Gasteiger partial charge in [0.1, 0.15) is 12.4 Å². The number of hydrogen-bond donors (Lipinski definition) is 1. The topological polar surface area (TPSA) is 95.2 Å². The Morgan fingerprint density at radius 1 is 1.16 bits per heavy atom. The molecule has 0 radical (unpaired) electrons. The second kappa shape index (κ2) is 8.99. The van der Waals surface area contributed by atoms with Crippen molar-refractivity contribution in [1.82, 2.24) is 0 Å². The lowest BCUT2D eigenvalue weighted by molar-refractivity contribution is -0.151. The van der Waals surface area contributed by atoms with Gasteiger partial charge in [-0.15, -0.1) is 0 Å². The first kappa shape index (κ1) is 21.2. The number of rotatable bonds is 8. The molecular formula is C23H21ClO7. The minimum absolute atomic E-state index is 0.0467. The first-order valence-corrected chi connectivity index (χ1v) is 10.2. The average molecular weight is 445 g/mol. The summed E-state index contributed by atoms with van der Waals surface area (Å²) in [6.45, 7) is 0.590. The molecule has 0 unspecified atom stereocenters. The number of carbonyl (C=O) groups is 1. The molecule has 31 heavy (non-hydrogen) atoms. The van der Waals surface area contributed by atoms with Crippen molar-refractivity contribution in [2.75, 3.05) is 20.3 Å². The van der Waals surface area contributed by atoms with E-state index < -0.39 is 5.97 Å². The number of halogens is 1. The van der Waals surface area contributed by atoms with Crippen LogP contribution in [0, 0.1) is 5.92 Å². The lowest BCUT2D eigenvalue weighted by Crippen LogP contribution is -2.37. The van der Waals surface area contributed by atoms with Gasteiger partial charge >= 0.3 is 5.97 Å². The first-order chi connectivity index (χ1) is 15.0. The van der Waals surface area contributed by atoms with Crippen LogP contribution in [0.25, 0.3) is 22.3 Å². The van der Waals surface area contributed by atoms with Gasteiger partial charge in [0.15, 0.2) is 22.5 Å². The SMILES string of the molecule is COc1ccc(-c2cc(=O)c3cccc(Cl)c3o2)cc1OCCOC1CC(C(=O)O)C1. The van der Waals surface area contributed by atoms with E-state index in [4.69, 9.17) is 35.3 Å². The summed E-state index contributed by atoms with van der Waals surface area (Å²) in [5.41, 5.74) is 0.781. The summed E-state index contributed by atoms with van der Waals surface area (Å²) in [7, 11) is 1.54. The molecule has 7 nitrogen and oxygen atoms in total. The summed E-state index contributed by atoms with van der Waals surface area (Å²) in [6, 6.07) is 11.7. The maximum absolute atomic E-state index is 12.5. The number of para-hydroxylation sites is 1. The van der Waals surface area contributed by atoms with Gasteiger partial charge in [0, 0.05) is 11.6 Å². The predicted octanol–water partition coefficient (Wildman–Crippen LogP) is 4.38. The van der Waals surface area contributed by atoms with Crippen LogP contribution < -0.4 is 14.9 Å². The Kier molecular flexibility index (Phi) is 6.15. The van der Waals surface area contributed by atoms with Gasteiger partial charge in [-0.1, -0.05) is 17.7 Å². The molecule has 0 atom stereocenters. The molecule has 2 aromatic carbocycles. The highest BCUT2D eigenvalue weighted by Crippen LogP contribution is 2.34. The molecule has 162 valence electrons. The molecule has 1 heterocycles. The molecule has 1 aromatic heterocycles. The third kappa shape index (κ3) is 4.52. The zero-order chi connectivity index (χ0) is 22.0. The third-order valence-electron chi connectivity index (χ3n) is 5.29. The molecule has 1 saturated carbocycles. The van der Waals surface area contributed by atoms with E-state index in [-0.39, 0.29) is 24.1 Å². The van der Waals surface area contributed by atoms with Gasteiger partial charge in [-0.05, 0) is 43.2 Å². The minimum Gasteiger partial charge on any atom is -0.493 e. The van der Waals surface area contributed by atoms with E-state index in [9.17, 15) is 9.59 Å². The monoisotopic (exact) mass is 444 g/mol. The first-order valence-electron chi connectivity index (χ1n) is 9.84. The number of carboxylic acids is 1. The molecule has 0 spiro atoms. The van der Waals surface area contributed by atoms with Gasteiger partial charge in [-0.25, -0.2) is 0 Å². The van der Waals surface area contributed by atoms with Crippen molar-refractivity contribution >= 4 is 28.5 Å². The highest BCUT2D eigenvalue weighted by molar-refractivity contribution is 6.34. The number of carboxylic acid groups (broad SMARTS) is 1. The lowest BCUT2D eigenvalue weighted by Gasteiger charge is -2.32. The molecule has 8 heteroatoms. The Hall–Kier alpha value is -3.03. The van der Waals surface area contributed by atoms with E-state index in [0.717, 1.165) is 0 Å². The maximum atomic E-state index is 12.5. The van der Waals surface area contributed by atoms with Crippen molar-refractivity contribution in [3.8, 4) is 22.8 Å². The van der Waals surface area contributed by atoms with E-state index in [1.165, 1.54) is 13.2 Å². The van der Waals surface area contributed by atoms with Crippen molar-refractivity contribution < 1.29 is 28.5 Å². The number of benzene rings is 2. The third-order valence-corrected chi connectivity index (χ3v) is 5.59. The average Bonchev–Trinajstić information content (AvgIpc) is 2.72. The second-order valence-corrected chi connectivity index (χ2v) is 7.71. The van der Waals surface area contributed by atoms with Crippen LogP contribution in [0.3, 0.4) is 0 Å². The van der Waals surface area contributed by atoms with Crippen LogP contribution in [0.2, 0.25) is 5.02 Å². The number of fused-ring (bicyclic) bond motifs is 1. The van der Waals surface area contributed by atoms with Crippen LogP contribution in [-0.4, -0.2) is 37.5 Å². The Bertz CT molecular complexity index is 1160. The van der Waals surface area contributed by atoms with Crippen LogP contribution in [-0.2, 0) is 9.53 Å². The summed E-state index contributed by atoms with van der Waals surface area (Å²) in [5.74, 6) is 0.276. The fraction of sp³-hybridized carbons (Fsp3) is 0.304. The van der Waals surface area contributed by atoms with E-state index in [1.807, 2.05) is 0 Å². The fourth-order valence-corrected chi connectivity index (χ4v) is 3.71. The second-order valence-electron chi connectivity index (χ2n) is 7.30. The molecule has 1 aliphatic rings. The quantitative estimate of drug-likeness (QED) is 0.515. The molecule has 0 bridgehead atoms. The minimum atomic E-state index is -0.778. The molecule has 1 fully saturated rings. The van der Waals surface area contributed by atoms with Gasteiger partial charge < -0.3 is 23.7 Å². The lowest BCUT2D eigenvalue weighted by atomic mass is 9.82. The summed E-state index contributed by atoms with van der Waals surface area (Å²) in [6.07, 6.45) is 1.00. The molecular weight excluding hydrogens is 424 g/mol. The summed E-state index contributed by atoms with van der Waals surface area (Å²) in [5, 5.41) is 9.69. The van der Waals surface area contributed by atoms with Crippen LogP contribution in [0.4, 0.5) is 0 Å². The summed E-state index contributed by atoms with van der Waals surface area (Å²) >= 11 is 6.20. The Morgan fingerprint density at radius 3 is 2.71 bits per heavy atom. The Labute approximate surface area is 183 Å². The number of hydrogen-bond acceptors (Lipinski definition) is 6. The molecule has 4 rings (SSSR count). The molecule has 0 saturated heterocycles. The summed E-state index contributed by atoms with van der Waals surface area (Å²) < 4.78 is 22.7. The van der Waals surface area contributed by atoms with Crippen molar-refractivity contribution in [2.24, 2.45) is 5.92 Å². The number of aliphatic carboxylic acids is 1. The standard InChI is InChI=1S/C23H21ClO7/c1-28-19-6-5-13(20-12-18(25)16-3-2-4-17(24)22(16)31-20)11-21(19)30-8-7-29-15-9-14(10-15)23(26)27/h2-6,11-12,14-15H,7-10H2,1H3,(H,26,27). The van der Waals surface area contributed by atoms with Gasteiger partial charge in [0.05, 0.1) is 36.1 Å². The summed E-state index contributed by atoms with van der Waals surface area (Å²) in [4.78, 5) is 23.3. The molecule has 3 aromatic rings. The zero-order valence-electron chi connectivity index (χ0n) is 16.8. The largest absolute Gasteiger partial charge is 0.493 e. The zero-order valence-corrected chi connectivity index (χ0v) is 17.6. The van der Waals surface area contributed by atoms with Crippen molar-refractivity contribution in [3.63, 3.8) is 0 Å². The Balaban J connectivity index is 1.48. The van der Waals surface area contributed by atoms with E-state index in [0.29, 0.717) is 58.3 Å². The smallest absolute Gasteiger partial charge is 0.306 e. The predicted molar refractivity (Wildman–Crippen MR) is 115 cm³/mol. The Morgan fingerprint density at radius 2 is 1.97 bits per heavy atom. The van der Waals surface area contributed by atoms with E-state index >= 15 is 0 Å². The van der Waals surface area contributed by atoms with Crippen molar-refractivity contribution in [3.05, 3.63) is 57.7 Å². The van der Waals surface area contributed by atoms with Gasteiger partial charge in [-0.3, -0.25) is 9.59 Å². The highest BCUT2D eigenvalue weighted by atomic mass is 35.5. The van der Waals surface area contributed by atoms with Crippen LogP contribution in [0.5, 0.6) is 11.5 Å².